The van der Waals surface area contributed by atoms with Crippen molar-refractivity contribution < 1.29 is 19.2 Å². The van der Waals surface area contributed by atoms with Crippen molar-refractivity contribution in [3.05, 3.63) is 76.3 Å². The van der Waals surface area contributed by atoms with Gasteiger partial charge in [0.05, 0.1) is 40.1 Å². The molecule has 0 saturated heterocycles. The van der Waals surface area contributed by atoms with Crippen molar-refractivity contribution in [2.75, 3.05) is 17.7 Å². The van der Waals surface area contributed by atoms with E-state index in [-0.39, 0.29) is 28.8 Å². The van der Waals surface area contributed by atoms with Gasteiger partial charge >= 0.3 is 0 Å². The number of amides is 1. The molecule has 0 radical (unpaired) electrons. The smallest absolute Gasteiger partial charge is 0.275 e. The zero-order valence-corrected chi connectivity index (χ0v) is 19.3. The number of aryl methyl sites for hydroxylation is 1. The van der Waals surface area contributed by atoms with Gasteiger partial charge < -0.3 is 19.8 Å². The second-order valence-electron chi connectivity index (χ2n) is 7.38. The van der Waals surface area contributed by atoms with Crippen LogP contribution in [0.4, 0.5) is 11.4 Å². The maximum absolute atomic E-state index is 12.5. The molecule has 0 unspecified atom stereocenters. The molecule has 0 atom stereocenters. The second-order valence-corrected chi connectivity index (χ2v) is 8.34. The highest BCUT2D eigenvalue weighted by molar-refractivity contribution is 7.99. The van der Waals surface area contributed by atoms with Crippen LogP contribution in [-0.4, -0.2) is 33.2 Å². The Kier molecular flexibility index (Phi) is 6.98. The molecule has 0 spiro atoms. The third kappa shape index (κ3) is 5.84. The average Bonchev–Trinajstić information content (AvgIpc) is 3.21. The molecule has 0 fully saturated rings. The minimum absolute atomic E-state index is 0.0799. The molecular formula is C24H22N4O5S. The lowest BCUT2D eigenvalue weighted by molar-refractivity contribution is -0.384. The fourth-order valence-corrected chi connectivity index (χ4v) is 3.91. The Hall–Kier alpha value is -4.05. The first-order valence-corrected chi connectivity index (χ1v) is 11.5. The van der Waals surface area contributed by atoms with Crippen LogP contribution in [0.3, 0.4) is 0 Å². The second kappa shape index (κ2) is 10.3. The number of nitro benzene ring substituents is 1. The number of aromatic nitrogens is 2. The number of hydrogen-bond donors (Lipinski definition) is 2. The first-order valence-electron chi connectivity index (χ1n) is 10.5. The highest BCUT2D eigenvalue weighted by Gasteiger charge is 2.14. The van der Waals surface area contributed by atoms with Crippen LogP contribution in [0.25, 0.3) is 11.0 Å². The molecule has 174 valence electrons. The van der Waals surface area contributed by atoms with Crippen molar-refractivity contribution in [3.8, 4) is 17.2 Å². The monoisotopic (exact) mass is 478 g/mol. The lowest BCUT2D eigenvalue weighted by atomic mass is 10.2. The van der Waals surface area contributed by atoms with Crippen molar-refractivity contribution in [1.29, 1.82) is 0 Å². The predicted octanol–water partition coefficient (Wildman–Crippen LogP) is 5.70. The van der Waals surface area contributed by atoms with Gasteiger partial charge in [-0.05, 0) is 55.8 Å². The van der Waals surface area contributed by atoms with Crippen molar-refractivity contribution >= 4 is 40.1 Å². The molecule has 0 aliphatic rings. The number of carbonyl (C=O) groups excluding carboxylic acids is 1. The maximum atomic E-state index is 12.5. The van der Waals surface area contributed by atoms with Gasteiger partial charge in [-0.2, -0.15) is 0 Å². The van der Waals surface area contributed by atoms with Gasteiger partial charge in [-0.3, -0.25) is 14.9 Å². The Bertz CT molecular complexity index is 1340. The number of benzene rings is 3. The number of non-ortho nitro benzene ring substituents is 1. The van der Waals surface area contributed by atoms with E-state index in [9.17, 15) is 14.9 Å². The Balaban J connectivity index is 1.43. The highest BCUT2D eigenvalue weighted by atomic mass is 32.2. The Morgan fingerprint density at radius 3 is 2.59 bits per heavy atom. The third-order valence-electron chi connectivity index (χ3n) is 4.71. The Labute approximate surface area is 199 Å². The Morgan fingerprint density at radius 2 is 1.85 bits per heavy atom. The van der Waals surface area contributed by atoms with E-state index in [1.54, 1.807) is 24.3 Å². The van der Waals surface area contributed by atoms with Crippen LogP contribution < -0.4 is 14.8 Å². The number of nitrogens with zero attached hydrogens (tertiary/aromatic N) is 2. The highest BCUT2D eigenvalue weighted by Crippen LogP contribution is 2.31. The summed E-state index contributed by atoms with van der Waals surface area (Å²) in [6.07, 6.45) is 0. The first-order chi connectivity index (χ1) is 16.4. The molecule has 2 N–H and O–H groups in total. The van der Waals surface area contributed by atoms with Crippen LogP contribution in [0.5, 0.6) is 17.2 Å². The SMILES string of the molecule is CCOc1ccc(Oc2cc(NC(=O)CSc3nc4ccc(C)cc4[nH]3)cc([N+](=O)[O-])c2)cc1. The molecule has 1 heterocycles. The standard InChI is InChI=1S/C24H22N4O5S/c1-3-32-18-5-7-19(8-6-18)33-20-12-16(11-17(13-20)28(30)31)25-23(29)14-34-24-26-21-9-4-15(2)10-22(21)27-24/h4-13H,3,14H2,1-2H3,(H,25,29)(H,26,27). The minimum atomic E-state index is -0.536. The molecule has 4 rings (SSSR count). The van der Waals surface area contributed by atoms with Crippen molar-refractivity contribution in [2.45, 2.75) is 19.0 Å². The molecule has 0 aliphatic heterocycles. The summed E-state index contributed by atoms with van der Waals surface area (Å²) < 4.78 is 11.2. The number of carbonyl (C=O) groups is 1. The van der Waals surface area contributed by atoms with Crippen LogP contribution in [-0.2, 0) is 4.79 Å². The largest absolute Gasteiger partial charge is 0.494 e. The van der Waals surface area contributed by atoms with Gasteiger partial charge in [0.2, 0.25) is 5.91 Å². The number of anilines is 1. The quantitative estimate of drug-likeness (QED) is 0.180. The number of H-pyrrole nitrogens is 1. The van der Waals surface area contributed by atoms with Gasteiger partial charge in [-0.25, -0.2) is 4.98 Å². The van der Waals surface area contributed by atoms with Gasteiger partial charge in [-0.1, -0.05) is 17.8 Å². The number of rotatable bonds is 9. The molecule has 3 aromatic carbocycles. The van der Waals surface area contributed by atoms with Gasteiger partial charge in [0.1, 0.15) is 17.2 Å². The number of ether oxygens (including phenoxy) is 2. The van der Waals surface area contributed by atoms with Crippen LogP contribution >= 0.6 is 11.8 Å². The maximum Gasteiger partial charge on any atom is 0.275 e. The number of aromatic amines is 1. The van der Waals surface area contributed by atoms with E-state index >= 15 is 0 Å². The van der Waals surface area contributed by atoms with E-state index in [1.807, 2.05) is 32.0 Å². The Morgan fingerprint density at radius 1 is 1.09 bits per heavy atom. The molecule has 34 heavy (non-hydrogen) atoms. The summed E-state index contributed by atoms with van der Waals surface area (Å²) in [6, 6.07) is 16.9. The van der Waals surface area contributed by atoms with E-state index in [2.05, 4.69) is 15.3 Å². The lowest BCUT2D eigenvalue weighted by Crippen LogP contribution is -2.14. The van der Waals surface area contributed by atoms with Crippen LogP contribution in [0.15, 0.2) is 65.8 Å². The van der Waals surface area contributed by atoms with Gasteiger partial charge in [0, 0.05) is 12.1 Å². The molecule has 1 aromatic heterocycles. The number of fused-ring (bicyclic) bond motifs is 1. The molecular weight excluding hydrogens is 456 g/mol. The molecule has 4 aromatic rings. The summed E-state index contributed by atoms with van der Waals surface area (Å²) in [5.41, 5.74) is 2.90. The summed E-state index contributed by atoms with van der Waals surface area (Å²) >= 11 is 1.25. The van der Waals surface area contributed by atoms with Gasteiger partial charge in [-0.15, -0.1) is 0 Å². The van der Waals surface area contributed by atoms with Crippen LogP contribution in [0, 0.1) is 17.0 Å². The molecule has 9 nitrogen and oxygen atoms in total. The van der Waals surface area contributed by atoms with Crippen molar-refractivity contribution in [2.24, 2.45) is 0 Å². The predicted molar refractivity (Wildman–Crippen MR) is 131 cm³/mol. The summed E-state index contributed by atoms with van der Waals surface area (Å²) in [5, 5.41) is 14.7. The fourth-order valence-electron chi connectivity index (χ4n) is 3.23. The zero-order chi connectivity index (χ0) is 24.1. The molecule has 0 aliphatic carbocycles. The molecule has 0 saturated carbocycles. The number of hydrogen-bond acceptors (Lipinski definition) is 7. The number of thioether (sulfide) groups is 1. The summed E-state index contributed by atoms with van der Waals surface area (Å²) in [4.78, 5) is 31.0. The molecule has 1 amide bonds. The summed E-state index contributed by atoms with van der Waals surface area (Å²) in [7, 11) is 0. The minimum Gasteiger partial charge on any atom is -0.494 e. The summed E-state index contributed by atoms with van der Waals surface area (Å²) in [5.74, 6) is 1.16. The van der Waals surface area contributed by atoms with Crippen LogP contribution in [0.2, 0.25) is 0 Å². The topological polar surface area (TPSA) is 119 Å². The van der Waals surface area contributed by atoms with Gasteiger partial charge in [0.25, 0.3) is 5.69 Å². The van der Waals surface area contributed by atoms with Gasteiger partial charge in [0.15, 0.2) is 5.16 Å². The lowest BCUT2D eigenvalue weighted by Gasteiger charge is -2.10. The normalized spacial score (nSPS) is 10.8. The fraction of sp³-hybridized carbons (Fsp3) is 0.167. The summed E-state index contributed by atoms with van der Waals surface area (Å²) in [6.45, 7) is 4.43. The van der Waals surface area contributed by atoms with E-state index in [1.165, 1.54) is 30.0 Å². The van der Waals surface area contributed by atoms with E-state index < -0.39 is 4.92 Å². The molecule has 0 bridgehead atoms. The average molecular weight is 479 g/mol. The van der Waals surface area contributed by atoms with Crippen molar-refractivity contribution in [1.82, 2.24) is 9.97 Å². The molecule has 10 heteroatoms. The van der Waals surface area contributed by atoms with E-state index in [0.29, 0.717) is 23.3 Å². The van der Waals surface area contributed by atoms with E-state index in [0.717, 1.165) is 16.6 Å². The number of nitro groups is 1. The first kappa shape index (κ1) is 23.1. The number of nitrogens with one attached hydrogen (secondary N) is 2. The number of imidazole rings is 1. The van der Waals surface area contributed by atoms with Crippen LogP contribution in [0.1, 0.15) is 12.5 Å². The third-order valence-corrected chi connectivity index (χ3v) is 5.59. The van der Waals surface area contributed by atoms with E-state index in [4.69, 9.17) is 9.47 Å². The van der Waals surface area contributed by atoms with Crippen molar-refractivity contribution in [3.63, 3.8) is 0 Å². The zero-order valence-electron chi connectivity index (χ0n) is 18.5.